The zero-order valence-electron chi connectivity index (χ0n) is 82.2. The van der Waals surface area contributed by atoms with Crippen LogP contribution in [-0.2, 0) is 54.1 Å². The maximum Gasteiger partial charge on any atom is 0.247 e. The molecule has 0 radical (unpaired) electrons. The highest BCUT2D eigenvalue weighted by Gasteiger charge is 2.66. The van der Waals surface area contributed by atoms with Crippen LogP contribution in [-0.4, -0.2) is 109 Å². The predicted octanol–water partition coefficient (Wildman–Crippen LogP) is 23.2. The Morgan fingerprint density at radius 2 is 1.01 bits per heavy atom. The molecule has 15 heteroatoms. The summed E-state index contributed by atoms with van der Waals surface area (Å²) in [4.78, 5) is 75.2. The maximum absolute atomic E-state index is 13.5. The fourth-order valence-corrected chi connectivity index (χ4v) is 33.6. The van der Waals surface area contributed by atoms with Crippen molar-refractivity contribution in [3.63, 3.8) is 0 Å². The smallest absolute Gasteiger partial charge is 0.247 e. The van der Waals surface area contributed by atoms with E-state index in [1.54, 1.807) is 17.2 Å². The number of fused-ring (bicyclic) bond motifs is 25. The van der Waals surface area contributed by atoms with Crippen molar-refractivity contribution in [2.24, 2.45) is 126 Å². The van der Waals surface area contributed by atoms with E-state index in [2.05, 4.69) is 190 Å². The third-order valence-corrected chi connectivity index (χ3v) is 39.7. The molecule has 15 fully saturated rings. The molecule has 2 saturated heterocycles. The van der Waals surface area contributed by atoms with Crippen molar-refractivity contribution < 1.29 is 52.5 Å². The summed E-state index contributed by atoms with van der Waals surface area (Å²) in [6, 6.07) is 7.41. The number of carbonyl (C=O) groups excluding carboxylic acids is 6. The minimum Gasteiger partial charge on any atom is -0.491 e. The van der Waals surface area contributed by atoms with Gasteiger partial charge in [0.1, 0.15) is 11.5 Å². The topological polar surface area (TPSA) is 197 Å². The number of hydrogen-bond acceptors (Lipinski definition) is 11. The molecule has 15 aliphatic carbocycles. The molecule has 0 bridgehead atoms. The van der Waals surface area contributed by atoms with Gasteiger partial charge in [0, 0.05) is 101 Å². The summed E-state index contributed by atoms with van der Waals surface area (Å²) in [5, 5.41) is 12.8. The first kappa shape index (κ1) is 94.7. The van der Waals surface area contributed by atoms with Crippen LogP contribution in [0.1, 0.15) is 360 Å². The van der Waals surface area contributed by atoms with E-state index in [0.29, 0.717) is 127 Å². The van der Waals surface area contributed by atoms with E-state index in [-0.39, 0.29) is 110 Å². The lowest BCUT2D eigenvalue weighted by atomic mass is 9.48. The molecule has 0 spiro atoms. The Hall–Kier alpha value is -5.48. The van der Waals surface area contributed by atoms with Gasteiger partial charge in [-0.2, -0.15) is 0 Å². The van der Waals surface area contributed by atoms with Gasteiger partial charge in [0.15, 0.2) is 5.78 Å². The summed E-state index contributed by atoms with van der Waals surface area (Å²) in [7, 11) is 0. The van der Waals surface area contributed by atoms with Crippen molar-refractivity contribution in [3.05, 3.63) is 101 Å². The van der Waals surface area contributed by atoms with Gasteiger partial charge in [-0.05, 0) is 384 Å². The molecule has 1 aromatic carbocycles. The summed E-state index contributed by atoms with van der Waals surface area (Å²) >= 11 is 0. The van der Waals surface area contributed by atoms with Crippen LogP contribution in [0.4, 0.5) is 0 Å². The molecule has 1 aromatic rings. The minimum absolute atomic E-state index is 0.0150. The van der Waals surface area contributed by atoms with Crippen LogP contribution in [0.15, 0.2) is 89.7 Å². The van der Waals surface area contributed by atoms with Crippen molar-refractivity contribution in [2.45, 2.75) is 423 Å². The van der Waals surface area contributed by atoms with Crippen molar-refractivity contribution >= 4 is 35.2 Å². The van der Waals surface area contributed by atoms with Gasteiger partial charge < -0.3 is 45.0 Å². The Labute approximate surface area is 766 Å². The van der Waals surface area contributed by atoms with Crippen LogP contribution in [0, 0.1) is 126 Å². The lowest BCUT2D eigenvalue weighted by Gasteiger charge is -2.56. The first-order valence-corrected chi connectivity index (χ1v) is 51.8. The highest BCUT2D eigenvalue weighted by atomic mass is 16.5. The largest absolute Gasteiger partial charge is 0.491 e. The lowest BCUT2D eigenvalue weighted by molar-refractivity contribution is -0.153. The van der Waals surface area contributed by atoms with E-state index in [4.69, 9.17) is 23.7 Å². The summed E-state index contributed by atoms with van der Waals surface area (Å²) < 4.78 is 31.0. The number of amides is 4. The molecule has 4 heterocycles. The van der Waals surface area contributed by atoms with Crippen molar-refractivity contribution in [1.29, 1.82) is 0 Å². The van der Waals surface area contributed by atoms with Gasteiger partial charge >= 0.3 is 0 Å². The number of ether oxygens (including phenoxy) is 5. The highest BCUT2D eigenvalue weighted by molar-refractivity contribution is 5.92. The molecule has 4 amide bonds. The van der Waals surface area contributed by atoms with Gasteiger partial charge in [-0.1, -0.05) is 115 Å². The van der Waals surface area contributed by atoms with Gasteiger partial charge in [-0.3, -0.25) is 28.8 Å². The van der Waals surface area contributed by atoms with Gasteiger partial charge in [-0.15, -0.1) is 0 Å². The van der Waals surface area contributed by atoms with E-state index in [9.17, 15) is 28.8 Å². The van der Waals surface area contributed by atoms with Gasteiger partial charge in [-0.25, -0.2) is 0 Å². The van der Waals surface area contributed by atoms with Crippen LogP contribution >= 0.6 is 0 Å². The van der Waals surface area contributed by atoms with Crippen molar-refractivity contribution in [2.75, 3.05) is 6.54 Å². The van der Waals surface area contributed by atoms with E-state index >= 15 is 0 Å². The Morgan fingerprint density at radius 3 is 1.69 bits per heavy atom. The third kappa shape index (κ3) is 17.7. The average Bonchev–Trinajstić information content (AvgIpc) is 1.61. The molecule has 4 N–H and O–H groups in total. The molecule has 127 heavy (non-hydrogen) atoms. The summed E-state index contributed by atoms with van der Waals surface area (Å²) in [5.74, 6) is 11.0. The van der Waals surface area contributed by atoms with Crippen LogP contribution in [0.25, 0.3) is 0 Å². The number of ketones is 2. The number of benzene rings is 1. The second-order valence-corrected chi connectivity index (χ2v) is 48.7. The standard InChI is InChI=1S/C23H37NO2.C23H32O.2C22H33NO3.C22H33NO2/c1-14(2)26-17-10-11-22(4)16(12-17)7-8-18-19-9-6-15(3)23(19,5)13-20(25)24-21(18)22;1-15(2)24-18-7-9-19-17(13-18)6-8-21-20(19)11-12-23(4)14-16(3)5-10-22(21)23;1-13(2)26-18-8-7-17-16-6-5-14-11-15(24)9-10-21(14,3)20(16)23-19(25)12-22(17,18)4;1-13(2)26-18-8-7-16-15-6-5-14-11-19(25)23-10-9-21(14,3)20(15)17(24)12-22(16,18)4;1-14(2)25-19-8-7-17-16-6-5-15-13-20(24)23-12-11-21(15,3)18(16)9-10-22(17,19)4/h14,16-19,21H,3,6-13H2,1-2,4-5H3,(H,24,25);7,9,13,15,20-22H,3,5-6,8,10-12,14H2,1-2,4H3;11,13,16-18,20H,5-10,12H2,1-4H3,(H,23,25);11,13,15-16,18,20H,5-10,12H2,1-4H3,(H,23,25);11-14,16-19H,5-10H2,1-4H3,(H,23,24)/t16-,17-,18-,19-,21-,22-,23+;20-,21-,22+,23-;16-,17-,18-,20-,21-,22-;15-,16-,18-,20+,21-,22-;16-,17-,18-,19-,21-,22-/m01000/s1. The van der Waals surface area contributed by atoms with Crippen LogP contribution in [0.2, 0.25) is 0 Å². The molecule has 0 unspecified atom stereocenters. The van der Waals surface area contributed by atoms with E-state index in [1.807, 2.05) is 18.4 Å². The molecule has 4 aliphatic heterocycles. The lowest BCUT2D eigenvalue weighted by Crippen LogP contribution is -2.59. The SMILES string of the molecule is C=C1CC[C@H]2[C@@H]3CC[C@H]4C[C@@H](OC(C)C)CC[C@]4(C)[C@H]3NC(=O)C[C@]12C.C=C1CC[C@H]2[C@@H]3CCc4cc(OC(C)C)ccc4[C@H]3CC[C@]2(C)C1.CC(C)O[C@H]1CC[C@H]2[C@@H]3CCC4=CC(=O)CC[C@]4(C)[C@H]3NC(=O)C[C@]12C.CC(C)O[C@H]1CC[C@H]2[C@@H]3CCC4=CC(=O)NC=C[C@]4(C)[C@H]3CC[C@]12C.CC(C)O[C@H]1CC[C@H]2[C@@H]3CCC4=CC(=O)NCC[C@]4(C)[C@H]3C(=O)C[C@]12C. The van der Waals surface area contributed by atoms with Gasteiger partial charge in [0.25, 0.3) is 0 Å². The Bertz CT molecular complexity index is 4450. The zero-order chi connectivity index (χ0) is 90.8. The fraction of sp³-hybridized carbons (Fsp3) is 0.786. The molecular formula is C112H168N4O11. The molecule has 19 aliphatic rings. The minimum atomic E-state index is -0.155. The van der Waals surface area contributed by atoms with Crippen LogP contribution < -0.4 is 26.0 Å². The van der Waals surface area contributed by atoms with E-state index < -0.39 is 0 Å². The summed E-state index contributed by atoms with van der Waals surface area (Å²) in [6.07, 6.45) is 50.0. The molecular weight excluding hydrogens is 1580 g/mol. The van der Waals surface area contributed by atoms with Crippen molar-refractivity contribution in [1.82, 2.24) is 21.3 Å². The summed E-state index contributed by atoms with van der Waals surface area (Å²) in [6.45, 7) is 51.9. The van der Waals surface area contributed by atoms with E-state index in [0.717, 1.165) is 112 Å². The van der Waals surface area contributed by atoms with Crippen LogP contribution in [0.5, 0.6) is 5.75 Å². The number of Topliss-reactive ketones (excluding diaryl/α,β-unsaturated/α-hetero) is 1. The number of allylic oxidation sites excluding steroid dienone is 6. The fourth-order valence-electron chi connectivity index (χ4n) is 33.6. The second-order valence-electron chi connectivity index (χ2n) is 48.7. The molecule has 13 saturated carbocycles. The Balaban J connectivity index is 0.000000117. The molecule has 29 atom stereocenters. The van der Waals surface area contributed by atoms with Crippen molar-refractivity contribution in [3.8, 4) is 5.75 Å². The second kappa shape index (κ2) is 36.4. The Kier molecular flexibility index (Phi) is 27.1. The number of carbonyl (C=O) groups is 6. The molecule has 20 rings (SSSR count). The highest BCUT2D eigenvalue weighted by Crippen LogP contribution is 2.69. The summed E-state index contributed by atoms with van der Waals surface area (Å²) in [5.41, 5.74) is 10.7. The first-order chi connectivity index (χ1) is 60.0. The van der Waals surface area contributed by atoms with Gasteiger partial charge in [0.2, 0.25) is 23.6 Å². The molecule has 702 valence electrons. The molecule has 15 nitrogen and oxygen atoms in total. The normalized spacial score (nSPS) is 44.2. The number of nitrogens with one attached hydrogen (secondary N) is 4. The number of rotatable bonds is 10. The zero-order valence-corrected chi connectivity index (χ0v) is 82.2. The van der Waals surface area contributed by atoms with Gasteiger partial charge in [0.05, 0.1) is 54.9 Å². The molecule has 0 aromatic heterocycles. The van der Waals surface area contributed by atoms with E-state index in [1.165, 1.54) is 143 Å². The number of hydrogen-bond donors (Lipinski definition) is 4. The predicted molar refractivity (Wildman–Crippen MR) is 506 cm³/mol. The third-order valence-electron chi connectivity index (χ3n) is 39.7. The number of aryl methyl sites for hydroxylation is 1. The van der Waals surface area contributed by atoms with Crippen LogP contribution in [0.3, 0.4) is 0 Å². The average molecular weight is 1750 g/mol. The maximum atomic E-state index is 13.5. The quantitative estimate of drug-likeness (QED) is 0.163. The Morgan fingerprint density at radius 1 is 0.425 bits per heavy atom. The monoisotopic (exact) mass is 1750 g/mol. The first-order valence-electron chi connectivity index (χ1n) is 51.8.